The number of piperidine rings is 1. The highest BCUT2D eigenvalue weighted by Gasteiger charge is 2.35. The summed E-state index contributed by atoms with van der Waals surface area (Å²) in [6.07, 6.45) is 6.68. The van der Waals surface area contributed by atoms with E-state index in [9.17, 15) is 14.4 Å². The van der Waals surface area contributed by atoms with Crippen LogP contribution in [0.3, 0.4) is 0 Å². The van der Waals surface area contributed by atoms with Crippen molar-refractivity contribution >= 4 is 23.6 Å². The number of likely N-dealkylation sites (tertiary alicyclic amines) is 1. The summed E-state index contributed by atoms with van der Waals surface area (Å²) in [5.41, 5.74) is 1.52. The molecule has 2 aliphatic rings. The van der Waals surface area contributed by atoms with Crippen LogP contribution in [-0.2, 0) is 20.7 Å². The van der Waals surface area contributed by atoms with Crippen LogP contribution < -0.4 is 10.2 Å². The Morgan fingerprint density at radius 3 is 2.66 bits per heavy atom. The van der Waals surface area contributed by atoms with Crippen LogP contribution in [0.15, 0.2) is 36.4 Å². The second-order valence-electron chi connectivity index (χ2n) is 9.44. The summed E-state index contributed by atoms with van der Waals surface area (Å²) in [6, 6.07) is 7.08. The fourth-order valence-corrected chi connectivity index (χ4v) is 4.16. The first-order valence-electron chi connectivity index (χ1n) is 11.6. The molecule has 0 radical (unpaired) electrons. The topological polar surface area (TPSA) is 79.0 Å². The van der Waals surface area contributed by atoms with Gasteiger partial charge in [0.05, 0.1) is 0 Å². The average molecular weight is 442 g/mol. The van der Waals surface area contributed by atoms with Crippen molar-refractivity contribution in [1.82, 2.24) is 10.2 Å². The molecule has 1 N–H and O–H groups in total. The maximum absolute atomic E-state index is 13.0. The van der Waals surface area contributed by atoms with Crippen molar-refractivity contribution in [3.8, 4) is 0 Å². The molecule has 1 aromatic carbocycles. The van der Waals surface area contributed by atoms with E-state index in [4.69, 9.17) is 4.74 Å². The molecule has 32 heavy (non-hydrogen) atoms. The summed E-state index contributed by atoms with van der Waals surface area (Å²) in [4.78, 5) is 41.7. The van der Waals surface area contributed by atoms with Gasteiger partial charge in [0.15, 0.2) is 0 Å². The van der Waals surface area contributed by atoms with Crippen molar-refractivity contribution in [1.29, 1.82) is 0 Å². The molecular weight excluding hydrogens is 406 g/mol. The number of para-hydroxylation sites is 1. The van der Waals surface area contributed by atoms with Gasteiger partial charge in [-0.1, -0.05) is 31.2 Å². The first-order chi connectivity index (χ1) is 15.2. The maximum Gasteiger partial charge on any atom is 0.410 e. The van der Waals surface area contributed by atoms with E-state index < -0.39 is 17.7 Å². The summed E-state index contributed by atoms with van der Waals surface area (Å²) in [5, 5.41) is 3.00. The Balaban J connectivity index is 1.62. The van der Waals surface area contributed by atoms with E-state index in [1.54, 1.807) is 17.1 Å². The Morgan fingerprint density at radius 2 is 1.94 bits per heavy atom. The summed E-state index contributed by atoms with van der Waals surface area (Å²) < 4.78 is 5.50. The van der Waals surface area contributed by atoms with Gasteiger partial charge in [0.2, 0.25) is 5.91 Å². The predicted molar refractivity (Wildman–Crippen MR) is 124 cm³/mol. The second-order valence-corrected chi connectivity index (χ2v) is 9.44. The molecule has 174 valence electrons. The van der Waals surface area contributed by atoms with Crippen LogP contribution in [0, 0.1) is 0 Å². The van der Waals surface area contributed by atoms with Crippen LogP contribution in [0.4, 0.5) is 10.5 Å². The van der Waals surface area contributed by atoms with E-state index >= 15 is 0 Å². The molecule has 0 unspecified atom stereocenters. The zero-order chi connectivity index (χ0) is 23.3. The summed E-state index contributed by atoms with van der Waals surface area (Å²) in [5.74, 6) is -0.290. The molecule has 7 heteroatoms. The third-order valence-electron chi connectivity index (χ3n) is 5.83. The monoisotopic (exact) mass is 441 g/mol. The molecule has 0 spiro atoms. The third-order valence-corrected chi connectivity index (χ3v) is 5.83. The number of nitrogens with zero attached hydrogens (tertiary/aromatic N) is 2. The maximum atomic E-state index is 13.0. The molecule has 0 aromatic heterocycles. The van der Waals surface area contributed by atoms with Gasteiger partial charge < -0.3 is 15.0 Å². The highest BCUT2D eigenvalue weighted by molar-refractivity contribution is 6.03. The summed E-state index contributed by atoms with van der Waals surface area (Å²) in [6.45, 7) is 8.58. The lowest BCUT2D eigenvalue weighted by molar-refractivity contribution is -0.128. The number of fused-ring (bicyclic) bond motifs is 1. The van der Waals surface area contributed by atoms with Gasteiger partial charge in [0, 0.05) is 30.9 Å². The van der Waals surface area contributed by atoms with Gasteiger partial charge in [-0.15, -0.1) is 0 Å². The number of nitrogens with one attached hydrogen (secondary N) is 1. The van der Waals surface area contributed by atoms with Crippen molar-refractivity contribution < 1.29 is 19.1 Å². The number of benzene rings is 1. The minimum atomic E-state index is -0.612. The van der Waals surface area contributed by atoms with Crippen molar-refractivity contribution in [2.75, 3.05) is 18.0 Å². The Labute approximate surface area is 190 Å². The van der Waals surface area contributed by atoms with Crippen LogP contribution in [-0.4, -0.2) is 53.6 Å². The lowest BCUT2D eigenvalue weighted by atomic mass is 10.0. The minimum absolute atomic E-state index is 0.0873. The van der Waals surface area contributed by atoms with Gasteiger partial charge >= 0.3 is 6.09 Å². The summed E-state index contributed by atoms with van der Waals surface area (Å²) >= 11 is 0. The van der Waals surface area contributed by atoms with Crippen LogP contribution >= 0.6 is 0 Å². The Morgan fingerprint density at radius 1 is 1.19 bits per heavy atom. The number of carbonyl (C=O) groups excluding carboxylic acids is 3. The Kier molecular flexibility index (Phi) is 7.59. The number of carbonyl (C=O) groups is 3. The largest absolute Gasteiger partial charge is 0.444 e. The minimum Gasteiger partial charge on any atom is -0.444 e. The second kappa shape index (κ2) is 10.2. The molecule has 1 saturated heterocycles. The standard InChI is InChI=1S/C25H35N3O4/c1-5-19(13-14-22(29)27-17-15-18-10-6-7-11-20(18)27)26-23(30)21-12-8-9-16-28(21)24(31)32-25(2,3)4/h6-7,10-11,13-14,19,21H,5,8-9,12,15-17H2,1-4H3,(H,26,30)/t19-,21-/m0/s1. The average Bonchev–Trinajstić information content (AvgIpc) is 3.19. The van der Waals surface area contributed by atoms with Crippen molar-refractivity contribution in [2.24, 2.45) is 0 Å². The molecule has 2 heterocycles. The van der Waals surface area contributed by atoms with Crippen LogP contribution in [0.2, 0.25) is 0 Å². The molecule has 3 amide bonds. The lowest BCUT2D eigenvalue weighted by Crippen LogP contribution is -2.54. The molecule has 7 nitrogen and oxygen atoms in total. The van der Waals surface area contributed by atoms with Gasteiger partial charge in [0.1, 0.15) is 11.6 Å². The zero-order valence-electron chi connectivity index (χ0n) is 19.6. The van der Waals surface area contributed by atoms with E-state index in [1.165, 1.54) is 10.5 Å². The molecule has 1 fully saturated rings. The van der Waals surface area contributed by atoms with Gasteiger partial charge in [-0.2, -0.15) is 0 Å². The molecule has 2 aliphatic heterocycles. The van der Waals surface area contributed by atoms with Crippen molar-refractivity contribution in [3.05, 3.63) is 42.0 Å². The quantitative estimate of drug-likeness (QED) is 0.705. The number of ether oxygens (including phenoxy) is 1. The molecule has 1 aromatic rings. The van der Waals surface area contributed by atoms with E-state index in [-0.39, 0.29) is 17.9 Å². The molecule has 2 atom stereocenters. The van der Waals surface area contributed by atoms with Gasteiger partial charge in [0.25, 0.3) is 5.91 Å². The number of hydrogen-bond donors (Lipinski definition) is 1. The lowest BCUT2D eigenvalue weighted by Gasteiger charge is -2.36. The zero-order valence-corrected chi connectivity index (χ0v) is 19.6. The first kappa shape index (κ1) is 23.8. The highest BCUT2D eigenvalue weighted by Crippen LogP contribution is 2.27. The molecule has 0 aliphatic carbocycles. The van der Waals surface area contributed by atoms with Crippen molar-refractivity contribution in [3.63, 3.8) is 0 Å². The van der Waals surface area contributed by atoms with Gasteiger partial charge in [-0.05, 0) is 64.5 Å². The van der Waals surface area contributed by atoms with Crippen LogP contribution in [0.5, 0.6) is 0 Å². The normalized spacial score (nSPS) is 19.6. The molecule has 3 rings (SSSR count). The van der Waals surface area contributed by atoms with Crippen molar-refractivity contribution in [2.45, 2.75) is 77.5 Å². The van der Waals surface area contributed by atoms with Crippen LogP contribution in [0.1, 0.15) is 58.9 Å². The number of anilines is 1. The highest BCUT2D eigenvalue weighted by atomic mass is 16.6. The van der Waals surface area contributed by atoms with E-state index in [1.807, 2.05) is 52.0 Å². The first-order valence-corrected chi connectivity index (χ1v) is 11.6. The summed E-state index contributed by atoms with van der Waals surface area (Å²) in [7, 11) is 0. The molecule has 0 bridgehead atoms. The van der Waals surface area contributed by atoms with E-state index in [0.29, 0.717) is 25.9 Å². The smallest absolute Gasteiger partial charge is 0.410 e. The van der Waals surface area contributed by atoms with Crippen LogP contribution in [0.25, 0.3) is 0 Å². The SMILES string of the molecule is CC[C@@H](C=CC(=O)N1CCc2ccccc21)NC(=O)[C@@H]1CCCCN1C(=O)OC(C)(C)C. The van der Waals surface area contributed by atoms with Gasteiger partial charge in [-0.25, -0.2) is 4.79 Å². The number of rotatable bonds is 5. The van der Waals surface area contributed by atoms with Gasteiger partial charge in [-0.3, -0.25) is 14.5 Å². The Hall–Kier alpha value is -2.83. The number of hydrogen-bond acceptors (Lipinski definition) is 4. The van der Waals surface area contributed by atoms with E-state index in [2.05, 4.69) is 5.32 Å². The fraction of sp³-hybridized carbons (Fsp3) is 0.560. The number of amides is 3. The predicted octanol–water partition coefficient (Wildman–Crippen LogP) is 3.82. The van der Waals surface area contributed by atoms with E-state index in [0.717, 1.165) is 24.9 Å². The molecule has 0 saturated carbocycles. The Bertz CT molecular complexity index is 874. The molecular formula is C25H35N3O4. The third kappa shape index (κ3) is 5.90. The fourth-order valence-electron chi connectivity index (χ4n) is 4.16.